The van der Waals surface area contributed by atoms with Crippen LogP contribution in [0.4, 0.5) is 0 Å². The van der Waals surface area contributed by atoms with E-state index in [0.717, 1.165) is 19.3 Å². The molecule has 1 rings (SSSR count). The van der Waals surface area contributed by atoms with Gasteiger partial charge < -0.3 is 9.84 Å². The van der Waals surface area contributed by atoms with Gasteiger partial charge >= 0.3 is 0 Å². The Kier molecular flexibility index (Phi) is 6.43. The molecule has 1 aromatic carbocycles. The fourth-order valence-corrected chi connectivity index (χ4v) is 1.62. The molecule has 0 heterocycles. The summed E-state index contributed by atoms with van der Waals surface area (Å²) in [5.74, 6) is 1.41. The fraction of sp³-hybridized carbons (Fsp3) is 0.500. The predicted molar refractivity (Wildman–Crippen MR) is 67.8 cm³/mol. The summed E-state index contributed by atoms with van der Waals surface area (Å²) in [5, 5.41) is 9.27. The second-order valence-corrected chi connectivity index (χ2v) is 4.52. The smallest absolute Gasteiger partial charge is 0.122 e. The highest BCUT2D eigenvalue weighted by atomic mass is 35.5. The first-order valence-corrected chi connectivity index (χ1v) is 6.31. The molecular formula is C12H16Cl2O2. The van der Waals surface area contributed by atoms with Crippen molar-refractivity contribution in [3.05, 3.63) is 24.3 Å². The van der Waals surface area contributed by atoms with E-state index in [2.05, 4.69) is 0 Å². The predicted octanol–water partition coefficient (Wildman–Crippen LogP) is 3.79. The molecular weight excluding hydrogens is 247 g/mol. The molecule has 4 heteroatoms. The standard InChI is InChI=1S/C12H16Cl2O2/c13-9-10(14)4-1-2-7-16-12-6-3-5-11(15)8-12/h3,5-6,8,10,15H,1-2,4,7,9H2. The van der Waals surface area contributed by atoms with Crippen LogP contribution in [0.2, 0.25) is 0 Å². The van der Waals surface area contributed by atoms with Gasteiger partial charge in [-0.05, 0) is 31.4 Å². The molecule has 90 valence electrons. The summed E-state index contributed by atoms with van der Waals surface area (Å²) in [6.45, 7) is 0.634. The van der Waals surface area contributed by atoms with Gasteiger partial charge in [-0.25, -0.2) is 0 Å². The molecule has 0 aliphatic carbocycles. The van der Waals surface area contributed by atoms with Crippen molar-refractivity contribution in [2.24, 2.45) is 0 Å². The number of phenolic OH excluding ortho intramolecular Hbond substituents is 1. The largest absolute Gasteiger partial charge is 0.508 e. The Balaban J connectivity index is 2.12. The van der Waals surface area contributed by atoms with Crippen LogP contribution in [-0.2, 0) is 0 Å². The van der Waals surface area contributed by atoms with E-state index in [1.165, 1.54) is 0 Å². The molecule has 2 nitrogen and oxygen atoms in total. The van der Waals surface area contributed by atoms with Crippen LogP contribution in [0.1, 0.15) is 19.3 Å². The number of alkyl halides is 2. The molecule has 0 saturated heterocycles. The molecule has 0 bridgehead atoms. The van der Waals surface area contributed by atoms with Gasteiger partial charge in [0, 0.05) is 17.3 Å². The summed E-state index contributed by atoms with van der Waals surface area (Å²) in [6, 6.07) is 6.80. The van der Waals surface area contributed by atoms with Crippen LogP contribution in [0.25, 0.3) is 0 Å². The maximum Gasteiger partial charge on any atom is 0.122 e. The van der Waals surface area contributed by atoms with Crippen molar-refractivity contribution in [2.75, 3.05) is 12.5 Å². The maximum absolute atomic E-state index is 9.21. The number of rotatable bonds is 7. The Morgan fingerprint density at radius 1 is 1.31 bits per heavy atom. The van der Waals surface area contributed by atoms with Crippen molar-refractivity contribution < 1.29 is 9.84 Å². The number of hydrogen-bond donors (Lipinski definition) is 1. The lowest BCUT2D eigenvalue weighted by Crippen LogP contribution is -2.02. The molecule has 0 fully saturated rings. The zero-order valence-electron chi connectivity index (χ0n) is 9.03. The van der Waals surface area contributed by atoms with Crippen molar-refractivity contribution in [2.45, 2.75) is 24.6 Å². The first-order valence-electron chi connectivity index (χ1n) is 5.34. The van der Waals surface area contributed by atoms with Gasteiger partial charge in [-0.3, -0.25) is 0 Å². The van der Waals surface area contributed by atoms with Gasteiger partial charge in [0.2, 0.25) is 0 Å². The summed E-state index contributed by atoms with van der Waals surface area (Å²) in [5.41, 5.74) is 0. The van der Waals surface area contributed by atoms with E-state index in [9.17, 15) is 5.11 Å². The number of phenols is 1. The van der Waals surface area contributed by atoms with Crippen molar-refractivity contribution >= 4 is 23.2 Å². The third kappa shape index (κ3) is 5.47. The second-order valence-electron chi connectivity index (χ2n) is 3.59. The molecule has 0 radical (unpaired) electrons. The molecule has 0 aromatic heterocycles. The second kappa shape index (κ2) is 7.64. The minimum absolute atomic E-state index is 0.0578. The molecule has 16 heavy (non-hydrogen) atoms. The Labute approximate surface area is 106 Å². The highest BCUT2D eigenvalue weighted by Gasteiger charge is 2.01. The highest BCUT2D eigenvalue weighted by Crippen LogP contribution is 2.18. The molecule has 1 aromatic rings. The van der Waals surface area contributed by atoms with Gasteiger partial charge in [0.15, 0.2) is 0 Å². The van der Waals surface area contributed by atoms with Crippen LogP contribution in [0.5, 0.6) is 11.5 Å². The van der Waals surface area contributed by atoms with Crippen LogP contribution in [0.15, 0.2) is 24.3 Å². The number of aromatic hydroxyl groups is 1. The average Bonchev–Trinajstić information content (AvgIpc) is 2.28. The Morgan fingerprint density at radius 2 is 2.12 bits per heavy atom. The summed E-state index contributed by atoms with van der Waals surface area (Å²) >= 11 is 11.5. The molecule has 0 saturated carbocycles. The average molecular weight is 263 g/mol. The number of unbranched alkanes of at least 4 members (excludes halogenated alkanes) is 1. The van der Waals surface area contributed by atoms with Crippen LogP contribution >= 0.6 is 23.2 Å². The van der Waals surface area contributed by atoms with Gasteiger partial charge in [0.1, 0.15) is 11.5 Å². The topological polar surface area (TPSA) is 29.5 Å². The SMILES string of the molecule is Oc1cccc(OCCCCC(Cl)CCl)c1. The monoisotopic (exact) mass is 262 g/mol. The highest BCUT2D eigenvalue weighted by molar-refractivity contribution is 6.28. The summed E-state index contributed by atoms with van der Waals surface area (Å²) < 4.78 is 5.47. The Bertz CT molecular complexity index is 305. The zero-order valence-corrected chi connectivity index (χ0v) is 10.5. The lowest BCUT2D eigenvalue weighted by Gasteiger charge is -2.07. The van der Waals surface area contributed by atoms with Gasteiger partial charge in [-0.2, -0.15) is 0 Å². The lowest BCUT2D eigenvalue weighted by atomic mass is 10.2. The van der Waals surface area contributed by atoms with E-state index in [-0.39, 0.29) is 11.1 Å². The Morgan fingerprint density at radius 3 is 2.81 bits per heavy atom. The minimum atomic E-state index is 0.0578. The Hall–Kier alpha value is -0.600. The molecule has 1 atom stereocenters. The fourth-order valence-electron chi connectivity index (χ4n) is 1.31. The molecule has 1 N–H and O–H groups in total. The normalized spacial score (nSPS) is 12.4. The summed E-state index contributed by atoms with van der Waals surface area (Å²) in [6.07, 6.45) is 2.85. The number of halogens is 2. The minimum Gasteiger partial charge on any atom is -0.508 e. The zero-order chi connectivity index (χ0) is 11.8. The van der Waals surface area contributed by atoms with Crippen molar-refractivity contribution in [1.29, 1.82) is 0 Å². The molecule has 0 amide bonds. The molecule has 0 aliphatic rings. The van der Waals surface area contributed by atoms with Crippen molar-refractivity contribution in [3.63, 3.8) is 0 Å². The molecule has 0 spiro atoms. The van der Waals surface area contributed by atoms with Gasteiger partial charge in [0.05, 0.1) is 6.61 Å². The quantitative estimate of drug-likeness (QED) is 0.599. The van der Waals surface area contributed by atoms with E-state index >= 15 is 0 Å². The summed E-state index contributed by atoms with van der Waals surface area (Å²) in [4.78, 5) is 0. The van der Waals surface area contributed by atoms with Gasteiger partial charge in [0.25, 0.3) is 0 Å². The van der Waals surface area contributed by atoms with Gasteiger partial charge in [-0.15, -0.1) is 23.2 Å². The first-order chi connectivity index (χ1) is 7.72. The van der Waals surface area contributed by atoms with E-state index in [1.807, 2.05) is 6.07 Å². The number of hydrogen-bond acceptors (Lipinski definition) is 2. The van der Waals surface area contributed by atoms with Crippen LogP contribution in [0, 0.1) is 0 Å². The van der Waals surface area contributed by atoms with Crippen molar-refractivity contribution in [3.8, 4) is 11.5 Å². The number of ether oxygens (including phenoxy) is 1. The third-order valence-electron chi connectivity index (χ3n) is 2.17. The lowest BCUT2D eigenvalue weighted by molar-refractivity contribution is 0.303. The van der Waals surface area contributed by atoms with E-state index in [4.69, 9.17) is 27.9 Å². The number of benzene rings is 1. The third-order valence-corrected chi connectivity index (χ3v) is 3.07. The van der Waals surface area contributed by atoms with Crippen LogP contribution in [-0.4, -0.2) is 23.0 Å². The molecule has 1 unspecified atom stereocenters. The van der Waals surface area contributed by atoms with E-state index in [1.54, 1.807) is 18.2 Å². The van der Waals surface area contributed by atoms with Crippen LogP contribution < -0.4 is 4.74 Å². The molecule has 0 aliphatic heterocycles. The summed E-state index contributed by atoms with van der Waals surface area (Å²) in [7, 11) is 0. The van der Waals surface area contributed by atoms with Crippen LogP contribution in [0.3, 0.4) is 0 Å². The van der Waals surface area contributed by atoms with E-state index < -0.39 is 0 Å². The van der Waals surface area contributed by atoms with Crippen molar-refractivity contribution in [1.82, 2.24) is 0 Å². The van der Waals surface area contributed by atoms with Gasteiger partial charge in [-0.1, -0.05) is 6.07 Å². The first kappa shape index (κ1) is 13.5. The maximum atomic E-state index is 9.21. The van der Waals surface area contributed by atoms with E-state index in [0.29, 0.717) is 18.2 Å².